The van der Waals surface area contributed by atoms with Gasteiger partial charge >= 0.3 is 6.03 Å². The summed E-state index contributed by atoms with van der Waals surface area (Å²) in [6.45, 7) is 0.491. The van der Waals surface area contributed by atoms with Crippen molar-refractivity contribution in [2.75, 3.05) is 25.0 Å². The van der Waals surface area contributed by atoms with E-state index in [9.17, 15) is 22.8 Å². The molecule has 9 nitrogen and oxygen atoms in total. The standard InChI is InChI=1S/C20H26N4O5S/c1-21-30(28,29)15-5-6-16-14(13-15)7-11-23(16)17(25)8-12-24-18(26)20(22-19(24)27)9-3-2-4-10-20/h5-6,13,21H,2-4,7-12H2,1H3,(H,22,27). The molecule has 0 bridgehead atoms. The van der Waals surface area contributed by atoms with Crippen LogP contribution in [0.1, 0.15) is 44.1 Å². The summed E-state index contributed by atoms with van der Waals surface area (Å²) >= 11 is 0. The van der Waals surface area contributed by atoms with Crippen LogP contribution in [0.5, 0.6) is 0 Å². The van der Waals surface area contributed by atoms with E-state index in [0.29, 0.717) is 31.5 Å². The van der Waals surface area contributed by atoms with Gasteiger partial charge in [0.25, 0.3) is 5.91 Å². The fourth-order valence-corrected chi connectivity index (χ4v) is 5.42. The third-order valence-electron chi connectivity index (χ3n) is 6.33. The smallest absolute Gasteiger partial charge is 0.323 e. The molecule has 0 unspecified atom stereocenters. The van der Waals surface area contributed by atoms with Crippen LogP contribution in [0.2, 0.25) is 0 Å². The summed E-state index contributed by atoms with van der Waals surface area (Å²) in [5.74, 6) is -0.410. The minimum Gasteiger partial charge on any atom is -0.323 e. The molecule has 0 radical (unpaired) electrons. The molecule has 1 aromatic carbocycles. The van der Waals surface area contributed by atoms with Gasteiger partial charge in [0.05, 0.1) is 4.90 Å². The molecule has 4 amide bonds. The Hall–Kier alpha value is -2.46. The fourth-order valence-electron chi connectivity index (χ4n) is 4.64. The predicted molar refractivity (Wildman–Crippen MR) is 109 cm³/mol. The van der Waals surface area contributed by atoms with Crippen molar-refractivity contribution in [2.24, 2.45) is 0 Å². The molecule has 10 heteroatoms. The Bertz CT molecular complexity index is 1000. The van der Waals surface area contributed by atoms with E-state index >= 15 is 0 Å². The molecule has 1 aliphatic carbocycles. The SMILES string of the molecule is CNS(=O)(=O)c1ccc2c(c1)CCN2C(=O)CCN1C(=O)NC2(CCCCC2)C1=O. The van der Waals surface area contributed by atoms with Gasteiger partial charge in [-0.2, -0.15) is 0 Å². The van der Waals surface area contributed by atoms with Crippen molar-refractivity contribution < 1.29 is 22.8 Å². The van der Waals surface area contributed by atoms with Gasteiger partial charge < -0.3 is 10.2 Å². The highest BCUT2D eigenvalue weighted by atomic mass is 32.2. The highest BCUT2D eigenvalue weighted by Crippen LogP contribution is 2.34. The first kappa shape index (κ1) is 20.8. The van der Waals surface area contributed by atoms with Crippen LogP contribution >= 0.6 is 0 Å². The lowest BCUT2D eigenvalue weighted by atomic mass is 9.82. The van der Waals surface area contributed by atoms with Crippen molar-refractivity contribution >= 4 is 33.6 Å². The predicted octanol–water partition coefficient (Wildman–Crippen LogP) is 1.13. The molecular formula is C20H26N4O5S. The third kappa shape index (κ3) is 3.47. The lowest BCUT2D eigenvalue weighted by Gasteiger charge is -2.30. The number of hydrogen-bond acceptors (Lipinski definition) is 5. The highest BCUT2D eigenvalue weighted by molar-refractivity contribution is 7.89. The average Bonchev–Trinajstić information content (AvgIpc) is 3.26. The van der Waals surface area contributed by atoms with Crippen LogP contribution < -0.4 is 14.9 Å². The lowest BCUT2D eigenvalue weighted by molar-refractivity contribution is -0.132. The van der Waals surface area contributed by atoms with Gasteiger partial charge in [-0.05, 0) is 50.1 Å². The van der Waals surface area contributed by atoms with Crippen LogP contribution in [0.15, 0.2) is 23.1 Å². The Balaban J connectivity index is 1.43. The summed E-state index contributed by atoms with van der Waals surface area (Å²) < 4.78 is 26.3. The highest BCUT2D eigenvalue weighted by Gasteiger charge is 2.51. The van der Waals surface area contributed by atoms with Gasteiger partial charge in [-0.25, -0.2) is 17.9 Å². The second kappa shape index (κ2) is 7.66. The number of carbonyl (C=O) groups is 3. The van der Waals surface area contributed by atoms with Crippen LogP contribution in [-0.4, -0.2) is 56.8 Å². The van der Waals surface area contributed by atoms with Crippen LogP contribution in [0.4, 0.5) is 10.5 Å². The number of hydrogen-bond donors (Lipinski definition) is 2. The summed E-state index contributed by atoms with van der Waals surface area (Å²) in [5, 5.41) is 2.85. The van der Waals surface area contributed by atoms with E-state index in [1.165, 1.54) is 18.0 Å². The zero-order chi connectivity index (χ0) is 21.5. The van der Waals surface area contributed by atoms with Crippen LogP contribution in [0.3, 0.4) is 0 Å². The number of fused-ring (bicyclic) bond motifs is 1. The van der Waals surface area contributed by atoms with Gasteiger partial charge in [-0.15, -0.1) is 0 Å². The molecule has 30 heavy (non-hydrogen) atoms. The molecule has 3 aliphatic rings. The number of sulfonamides is 1. The third-order valence-corrected chi connectivity index (χ3v) is 7.74. The number of imide groups is 1. The van der Waals surface area contributed by atoms with Gasteiger partial charge in [0, 0.05) is 25.2 Å². The topological polar surface area (TPSA) is 116 Å². The second-order valence-corrected chi connectivity index (χ2v) is 9.96. The van der Waals surface area contributed by atoms with Gasteiger partial charge in [-0.3, -0.25) is 14.5 Å². The van der Waals surface area contributed by atoms with E-state index < -0.39 is 21.6 Å². The first-order chi connectivity index (χ1) is 14.3. The van der Waals surface area contributed by atoms with Crippen LogP contribution in [0, 0.1) is 0 Å². The molecule has 1 spiro atoms. The van der Waals surface area contributed by atoms with Gasteiger partial charge in [0.2, 0.25) is 15.9 Å². The van der Waals surface area contributed by atoms with Crippen molar-refractivity contribution in [1.82, 2.24) is 14.9 Å². The minimum absolute atomic E-state index is 0.0330. The van der Waals surface area contributed by atoms with Crippen molar-refractivity contribution in [2.45, 2.75) is 55.4 Å². The Morgan fingerprint density at radius 2 is 1.93 bits per heavy atom. The molecule has 2 fully saturated rings. The Kier molecular flexibility index (Phi) is 5.31. The van der Waals surface area contributed by atoms with E-state index in [-0.39, 0.29) is 29.7 Å². The Morgan fingerprint density at radius 1 is 1.20 bits per heavy atom. The number of carbonyl (C=O) groups excluding carboxylic acids is 3. The second-order valence-electron chi connectivity index (χ2n) is 8.07. The zero-order valence-corrected chi connectivity index (χ0v) is 17.8. The quantitative estimate of drug-likeness (QED) is 0.674. The Labute approximate surface area is 175 Å². The number of amides is 4. The largest absolute Gasteiger partial charge is 0.325 e. The molecule has 1 aromatic rings. The molecule has 2 aliphatic heterocycles. The van der Waals surface area contributed by atoms with E-state index in [1.807, 2.05) is 0 Å². The molecule has 4 rings (SSSR count). The van der Waals surface area contributed by atoms with Crippen LogP contribution in [-0.2, 0) is 26.0 Å². The molecule has 1 saturated carbocycles. The van der Waals surface area contributed by atoms with Crippen molar-refractivity contribution in [1.29, 1.82) is 0 Å². The molecule has 2 heterocycles. The first-order valence-electron chi connectivity index (χ1n) is 10.3. The number of urea groups is 1. The molecule has 0 atom stereocenters. The Morgan fingerprint density at radius 3 is 2.63 bits per heavy atom. The average molecular weight is 435 g/mol. The minimum atomic E-state index is -3.55. The first-order valence-corrected chi connectivity index (χ1v) is 11.8. The van der Waals surface area contributed by atoms with E-state index in [2.05, 4.69) is 10.0 Å². The maximum Gasteiger partial charge on any atom is 0.325 e. The lowest BCUT2D eigenvalue weighted by Crippen LogP contribution is -2.48. The van der Waals surface area contributed by atoms with Crippen LogP contribution in [0.25, 0.3) is 0 Å². The summed E-state index contributed by atoms with van der Waals surface area (Å²) in [5.41, 5.74) is 0.681. The maximum absolute atomic E-state index is 12.8. The number of benzene rings is 1. The van der Waals surface area contributed by atoms with Crippen molar-refractivity contribution in [3.63, 3.8) is 0 Å². The van der Waals surface area contributed by atoms with E-state index in [0.717, 1.165) is 24.8 Å². The molecule has 0 aromatic heterocycles. The number of rotatable bonds is 5. The van der Waals surface area contributed by atoms with Gasteiger partial charge in [0.1, 0.15) is 5.54 Å². The number of anilines is 1. The zero-order valence-electron chi connectivity index (χ0n) is 16.9. The fraction of sp³-hybridized carbons (Fsp3) is 0.550. The summed E-state index contributed by atoms with van der Waals surface area (Å²) in [4.78, 5) is 40.9. The number of nitrogens with zero attached hydrogens (tertiary/aromatic N) is 2. The summed E-state index contributed by atoms with van der Waals surface area (Å²) in [6, 6.07) is 4.27. The molecule has 1 saturated heterocycles. The summed E-state index contributed by atoms with van der Waals surface area (Å²) in [6.07, 6.45) is 4.78. The van der Waals surface area contributed by atoms with Gasteiger partial charge in [0.15, 0.2) is 0 Å². The maximum atomic E-state index is 12.8. The van der Waals surface area contributed by atoms with Gasteiger partial charge in [-0.1, -0.05) is 19.3 Å². The normalized spacial score (nSPS) is 20.6. The van der Waals surface area contributed by atoms with E-state index in [4.69, 9.17) is 0 Å². The molecule has 162 valence electrons. The van der Waals surface area contributed by atoms with Crippen molar-refractivity contribution in [3.05, 3.63) is 23.8 Å². The summed E-state index contributed by atoms with van der Waals surface area (Å²) in [7, 11) is -2.19. The molecule has 2 N–H and O–H groups in total. The molecular weight excluding hydrogens is 408 g/mol. The van der Waals surface area contributed by atoms with E-state index in [1.54, 1.807) is 17.0 Å². The monoisotopic (exact) mass is 434 g/mol. The van der Waals surface area contributed by atoms with Crippen molar-refractivity contribution in [3.8, 4) is 0 Å². The number of nitrogens with one attached hydrogen (secondary N) is 2.